The van der Waals surface area contributed by atoms with Gasteiger partial charge in [0.05, 0.1) is 6.42 Å². The molecule has 0 bridgehead atoms. The van der Waals surface area contributed by atoms with Crippen LogP contribution in [0.4, 0.5) is 0 Å². The maximum absolute atomic E-state index is 12.8. The van der Waals surface area contributed by atoms with Crippen molar-refractivity contribution in [3.8, 4) is 0 Å². The maximum atomic E-state index is 12.8. The number of carbonyl (C=O) groups excluding carboxylic acids is 2. The second-order valence-corrected chi connectivity index (χ2v) is 8.52. The Bertz CT molecular complexity index is 587. The van der Waals surface area contributed by atoms with Crippen LogP contribution in [0.2, 0.25) is 0 Å². The van der Waals surface area contributed by atoms with Crippen molar-refractivity contribution in [2.24, 2.45) is 0 Å². The van der Waals surface area contributed by atoms with E-state index in [1.165, 1.54) is 6.42 Å². The molecule has 25 heavy (non-hydrogen) atoms. The molecule has 1 aliphatic heterocycles. The van der Waals surface area contributed by atoms with Gasteiger partial charge in [0, 0.05) is 23.5 Å². The predicted molar refractivity (Wildman–Crippen MR) is 101 cm³/mol. The first-order valence-electron chi connectivity index (χ1n) is 9.33. The molecule has 1 aliphatic carbocycles. The molecule has 3 rings (SSSR count). The molecule has 2 fully saturated rings. The van der Waals surface area contributed by atoms with Gasteiger partial charge in [-0.25, -0.2) is 0 Å². The number of hydrogen-bond donors (Lipinski definition) is 1. The molecule has 1 saturated heterocycles. The van der Waals surface area contributed by atoms with Gasteiger partial charge in [0.2, 0.25) is 11.8 Å². The molecule has 2 heterocycles. The van der Waals surface area contributed by atoms with Gasteiger partial charge in [-0.2, -0.15) is 0 Å². The van der Waals surface area contributed by atoms with Crippen LogP contribution in [-0.2, 0) is 16.0 Å². The van der Waals surface area contributed by atoms with E-state index < -0.39 is 0 Å². The van der Waals surface area contributed by atoms with E-state index >= 15 is 0 Å². The van der Waals surface area contributed by atoms with Crippen LogP contribution in [0.5, 0.6) is 0 Å². The topological polar surface area (TPSA) is 52.7 Å². The molecule has 3 atom stereocenters. The number of carbonyl (C=O) groups is 2. The number of thiophene rings is 1. The molecule has 138 valence electrons. The highest BCUT2D eigenvalue weighted by Crippen LogP contribution is 2.24. The minimum atomic E-state index is -0.285. The summed E-state index contributed by atoms with van der Waals surface area (Å²) in [6, 6.07) is 4.44. The lowest BCUT2D eigenvalue weighted by atomic mass is 9.90. The van der Waals surface area contributed by atoms with Crippen molar-refractivity contribution < 1.29 is 9.59 Å². The fraction of sp³-hybridized carbons (Fsp3) is 0.684. The Labute approximate surface area is 154 Å². The lowest BCUT2D eigenvalue weighted by Crippen LogP contribution is -2.51. The maximum Gasteiger partial charge on any atom is 0.243 e. The summed E-state index contributed by atoms with van der Waals surface area (Å²) >= 11 is 1.60. The lowest BCUT2D eigenvalue weighted by Gasteiger charge is -2.35. The SMILES string of the molecule is CN(C)C1CCCC(NC(=O)C2CCCN2C(=O)Cc2cccs2)C1. The van der Waals surface area contributed by atoms with E-state index in [-0.39, 0.29) is 23.9 Å². The summed E-state index contributed by atoms with van der Waals surface area (Å²) in [6.07, 6.45) is 6.52. The number of amides is 2. The van der Waals surface area contributed by atoms with Crippen LogP contribution in [0.1, 0.15) is 43.4 Å². The van der Waals surface area contributed by atoms with Crippen molar-refractivity contribution in [3.05, 3.63) is 22.4 Å². The van der Waals surface area contributed by atoms with Crippen LogP contribution in [0, 0.1) is 0 Å². The molecule has 1 N–H and O–H groups in total. The van der Waals surface area contributed by atoms with Crippen LogP contribution in [0.3, 0.4) is 0 Å². The zero-order valence-corrected chi connectivity index (χ0v) is 16.1. The average molecular weight is 364 g/mol. The van der Waals surface area contributed by atoms with Gasteiger partial charge in [0.15, 0.2) is 0 Å². The molecule has 0 spiro atoms. The first-order valence-corrected chi connectivity index (χ1v) is 10.2. The first-order chi connectivity index (χ1) is 12.0. The average Bonchev–Trinajstić information content (AvgIpc) is 3.26. The summed E-state index contributed by atoms with van der Waals surface area (Å²) in [6.45, 7) is 0.702. The van der Waals surface area contributed by atoms with Gasteiger partial charge in [-0.3, -0.25) is 9.59 Å². The van der Waals surface area contributed by atoms with Crippen LogP contribution in [0.25, 0.3) is 0 Å². The molecule has 0 aromatic carbocycles. The van der Waals surface area contributed by atoms with E-state index in [1.807, 2.05) is 17.5 Å². The van der Waals surface area contributed by atoms with Gasteiger partial charge in [-0.05, 0) is 64.1 Å². The third-order valence-electron chi connectivity index (χ3n) is 5.50. The first kappa shape index (κ1) is 18.4. The third kappa shape index (κ3) is 4.61. The monoisotopic (exact) mass is 363 g/mol. The Morgan fingerprint density at radius 2 is 2.12 bits per heavy atom. The van der Waals surface area contributed by atoms with Crippen molar-refractivity contribution in [2.45, 2.75) is 63.1 Å². The molecule has 1 saturated carbocycles. The predicted octanol–water partition coefficient (Wildman–Crippen LogP) is 2.27. The number of rotatable bonds is 5. The highest BCUT2D eigenvalue weighted by Gasteiger charge is 2.35. The van der Waals surface area contributed by atoms with Crippen molar-refractivity contribution in [2.75, 3.05) is 20.6 Å². The van der Waals surface area contributed by atoms with E-state index in [2.05, 4.69) is 24.3 Å². The summed E-state index contributed by atoms with van der Waals surface area (Å²) in [5, 5.41) is 5.22. The van der Waals surface area contributed by atoms with Crippen LogP contribution in [-0.4, -0.2) is 60.4 Å². The van der Waals surface area contributed by atoms with Gasteiger partial charge >= 0.3 is 0 Å². The Hall–Kier alpha value is -1.40. The number of likely N-dealkylation sites (tertiary alicyclic amines) is 1. The highest BCUT2D eigenvalue weighted by molar-refractivity contribution is 7.10. The smallest absolute Gasteiger partial charge is 0.243 e. The highest BCUT2D eigenvalue weighted by atomic mass is 32.1. The van der Waals surface area contributed by atoms with Gasteiger partial charge < -0.3 is 15.1 Å². The summed E-state index contributed by atoms with van der Waals surface area (Å²) in [7, 11) is 4.22. The van der Waals surface area contributed by atoms with Crippen LogP contribution >= 0.6 is 11.3 Å². The molecule has 2 amide bonds. The molecule has 0 radical (unpaired) electrons. The third-order valence-corrected chi connectivity index (χ3v) is 6.38. The molecular formula is C19H29N3O2S. The fourth-order valence-corrected chi connectivity index (χ4v) is 4.76. The zero-order valence-electron chi connectivity index (χ0n) is 15.2. The normalized spacial score (nSPS) is 26.8. The minimum Gasteiger partial charge on any atom is -0.352 e. The summed E-state index contributed by atoms with van der Waals surface area (Å²) < 4.78 is 0. The van der Waals surface area contributed by atoms with Crippen molar-refractivity contribution in [3.63, 3.8) is 0 Å². The Kier molecular flexibility index (Phi) is 6.12. The molecular weight excluding hydrogens is 334 g/mol. The second kappa shape index (κ2) is 8.32. The standard InChI is InChI=1S/C19H29N3O2S/c1-21(2)15-7-3-6-14(12-15)20-19(24)17-9-4-10-22(17)18(23)13-16-8-5-11-25-16/h5,8,11,14-15,17H,3-4,6-7,9-10,12-13H2,1-2H3,(H,20,24). The minimum absolute atomic E-state index is 0.0430. The van der Waals surface area contributed by atoms with Gasteiger partial charge in [-0.15, -0.1) is 11.3 Å². The number of hydrogen-bond acceptors (Lipinski definition) is 4. The van der Waals surface area contributed by atoms with Gasteiger partial charge in [0.1, 0.15) is 6.04 Å². The fourth-order valence-electron chi connectivity index (χ4n) is 4.06. The van der Waals surface area contributed by atoms with E-state index in [9.17, 15) is 9.59 Å². The van der Waals surface area contributed by atoms with Crippen molar-refractivity contribution in [1.29, 1.82) is 0 Å². The molecule has 1 aromatic heterocycles. The summed E-state index contributed by atoms with van der Waals surface area (Å²) in [5.74, 6) is 0.122. The molecule has 3 unspecified atom stereocenters. The van der Waals surface area contributed by atoms with Gasteiger partial charge in [-0.1, -0.05) is 6.07 Å². The molecule has 1 aromatic rings. The zero-order chi connectivity index (χ0) is 17.8. The van der Waals surface area contributed by atoms with E-state index in [0.717, 1.165) is 37.0 Å². The lowest BCUT2D eigenvalue weighted by molar-refractivity contribution is -0.138. The number of nitrogens with one attached hydrogen (secondary N) is 1. The summed E-state index contributed by atoms with van der Waals surface area (Å²) in [4.78, 5) is 30.5. The van der Waals surface area contributed by atoms with Crippen LogP contribution < -0.4 is 5.32 Å². The Morgan fingerprint density at radius 3 is 2.84 bits per heavy atom. The molecule has 2 aliphatic rings. The second-order valence-electron chi connectivity index (χ2n) is 7.49. The molecule has 6 heteroatoms. The Balaban J connectivity index is 1.56. The van der Waals surface area contributed by atoms with Gasteiger partial charge in [0.25, 0.3) is 0 Å². The van der Waals surface area contributed by atoms with Crippen molar-refractivity contribution in [1.82, 2.24) is 15.1 Å². The van der Waals surface area contributed by atoms with E-state index in [0.29, 0.717) is 19.0 Å². The summed E-state index contributed by atoms with van der Waals surface area (Å²) in [5.41, 5.74) is 0. The van der Waals surface area contributed by atoms with E-state index in [1.54, 1.807) is 16.2 Å². The largest absolute Gasteiger partial charge is 0.352 e. The number of nitrogens with zero attached hydrogens (tertiary/aromatic N) is 2. The van der Waals surface area contributed by atoms with E-state index in [4.69, 9.17) is 0 Å². The quantitative estimate of drug-likeness (QED) is 0.873. The van der Waals surface area contributed by atoms with Crippen LogP contribution in [0.15, 0.2) is 17.5 Å². The van der Waals surface area contributed by atoms with Crippen molar-refractivity contribution >= 4 is 23.2 Å². The molecule has 5 nitrogen and oxygen atoms in total. The Morgan fingerprint density at radius 1 is 1.28 bits per heavy atom.